The van der Waals surface area contributed by atoms with Crippen molar-refractivity contribution < 1.29 is 19.4 Å². The zero-order valence-electron chi connectivity index (χ0n) is 11.4. The van der Waals surface area contributed by atoms with E-state index in [-0.39, 0.29) is 31.2 Å². The third-order valence-corrected chi connectivity index (χ3v) is 3.92. The van der Waals surface area contributed by atoms with Crippen molar-refractivity contribution in [2.75, 3.05) is 13.7 Å². The van der Waals surface area contributed by atoms with E-state index >= 15 is 0 Å². The van der Waals surface area contributed by atoms with Crippen LogP contribution in [0.3, 0.4) is 0 Å². The predicted molar refractivity (Wildman–Crippen MR) is 77.0 cm³/mol. The monoisotopic (exact) mass is 358 g/mol. The molecule has 1 aliphatic rings. The van der Waals surface area contributed by atoms with E-state index in [2.05, 4.69) is 15.9 Å². The fourth-order valence-electron chi connectivity index (χ4n) is 2.34. The minimum atomic E-state index is -1.07. The van der Waals surface area contributed by atoms with Gasteiger partial charge in [0.2, 0.25) is 5.91 Å². The van der Waals surface area contributed by atoms with Crippen LogP contribution in [-0.2, 0) is 20.9 Å². The summed E-state index contributed by atoms with van der Waals surface area (Å²) in [7, 11) is 1.48. The number of hydrogen-bond acceptors (Lipinski definition) is 4. The normalized spacial score (nSPS) is 21.5. The van der Waals surface area contributed by atoms with Crippen molar-refractivity contribution in [3.8, 4) is 0 Å². The predicted octanol–water partition coefficient (Wildman–Crippen LogP) is 0.311. The zero-order valence-corrected chi connectivity index (χ0v) is 12.9. The number of carbonyl (C=O) groups excluding carboxylic acids is 1. The van der Waals surface area contributed by atoms with Crippen LogP contribution in [0.1, 0.15) is 6.42 Å². The van der Waals surface area contributed by atoms with Crippen LogP contribution in [0, 0.1) is 0 Å². The Hall–Kier alpha value is -1.67. The summed E-state index contributed by atoms with van der Waals surface area (Å²) in [4.78, 5) is 36.5. The maximum Gasteiger partial charge on any atom is 0.326 e. The highest BCUT2D eigenvalue weighted by Gasteiger charge is 2.39. The molecule has 0 spiro atoms. The molecule has 7 nitrogen and oxygen atoms in total. The van der Waals surface area contributed by atoms with Crippen LogP contribution >= 0.6 is 15.9 Å². The van der Waals surface area contributed by atoms with Gasteiger partial charge < -0.3 is 19.3 Å². The molecule has 1 aliphatic heterocycles. The standard InChI is InChI=1S/C13H15BrN2O5/c1-21-9-4-10(13(19)20)16(6-9)12(18)7-15-5-8(14)2-3-11(15)17/h2-3,5,9-10H,4,6-7H2,1H3,(H,19,20). The van der Waals surface area contributed by atoms with Gasteiger partial charge >= 0.3 is 5.97 Å². The summed E-state index contributed by atoms with van der Waals surface area (Å²) in [5.74, 6) is -1.48. The zero-order chi connectivity index (χ0) is 15.6. The fraction of sp³-hybridized carbons (Fsp3) is 0.462. The first-order chi connectivity index (χ1) is 9.92. The number of pyridine rings is 1. The number of carboxylic acids is 1. The van der Waals surface area contributed by atoms with Crippen LogP contribution in [0.5, 0.6) is 0 Å². The van der Waals surface area contributed by atoms with E-state index in [0.29, 0.717) is 4.47 Å². The first-order valence-electron chi connectivity index (χ1n) is 6.33. The SMILES string of the molecule is COC1CC(C(=O)O)N(C(=O)Cn2cc(Br)ccc2=O)C1. The molecule has 0 saturated carbocycles. The number of aromatic nitrogens is 1. The van der Waals surface area contributed by atoms with Gasteiger partial charge in [-0.1, -0.05) is 0 Å². The maximum absolute atomic E-state index is 12.3. The molecule has 1 aromatic rings. The lowest BCUT2D eigenvalue weighted by molar-refractivity contribution is -0.148. The van der Waals surface area contributed by atoms with Crippen molar-refractivity contribution in [1.82, 2.24) is 9.47 Å². The van der Waals surface area contributed by atoms with E-state index in [0.717, 1.165) is 0 Å². The highest BCUT2D eigenvalue weighted by molar-refractivity contribution is 9.10. The smallest absolute Gasteiger partial charge is 0.326 e. The number of amides is 1. The van der Waals surface area contributed by atoms with E-state index in [1.807, 2.05) is 0 Å². The summed E-state index contributed by atoms with van der Waals surface area (Å²) in [5.41, 5.74) is -0.319. The second-order valence-electron chi connectivity index (χ2n) is 4.81. The van der Waals surface area contributed by atoms with Gasteiger partial charge in [-0.2, -0.15) is 0 Å². The molecule has 21 heavy (non-hydrogen) atoms. The summed E-state index contributed by atoms with van der Waals surface area (Å²) in [6.45, 7) is 0.0214. The number of nitrogens with zero attached hydrogens (tertiary/aromatic N) is 2. The van der Waals surface area contributed by atoms with Crippen molar-refractivity contribution in [2.45, 2.75) is 25.1 Å². The van der Waals surface area contributed by atoms with Gasteiger partial charge in [0.15, 0.2) is 0 Å². The van der Waals surface area contributed by atoms with Gasteiger partial charge in [0.05, 0.1) is 6.10 Å². The van der Waals surface area contributed by atoms with Crippen molar-refractivity contribution in [3.05, 3.63) is 33.2 Å². The van der Waals surface area contributed by atoms with Gasteiger partial charge in [-0.05, 0) is 22.0 Å². The molecule has 0 bridgehead atoms. The van der Waals surface area contributed by atoms with Gasteiger partial charge in [-0.15, -0.1) is 0 Å². The lowest BCUT2D eigenvalue weighted by Gasteiger charge is -2.21. The van der Waals surface area contributed by atoms with Gasteiger partial charge in [0.1, 0.15) is 12.6 Å². The van der Waals surface area contributed by atoms with Crippen molar-refractivity contribution in [1.29, 1.82) is 0 Å². The molecule has 0 aliphatic carbocycles. The molecule has 2 heterocycles. The number of methoxy groups -OCH3 is 1. The molecule has 1 saturated heterocycles. The summed E-state index contributed by atoms with van der Waals surface area (Å²) in [6.07, 6.45) is 1.46. The molecular formula is C13H15BrN2O5. The summed E-state index contributed by atoms with van der Waals surface area (Å²) >= 11 is 3.23. The third-order valence-electron chi connectivity index (χ3n) is 3.45. The van der Waals surface area contributed by atoms with E-state index in [1.54, 1.807) is 6.07 Å². The molecule has 2 atom stereocenters. The van der Waals surface area contributed by atoms with Crippen LogP contribution in [0.15, 0.2) is 27.6 Å². The van der Waals surface area contributed by atoms with Crippen LogP contribution < -0.4 is 5.56 Å². The Balaban J connectivity index is 2.17. The number of halogens is 1. The van der Waals surface area contributed by atoms with Gasteiger partial charge in [-0.3, -0.25) is 9.59 Å². The molecular weight excluding hydrogens is 344 g/mol. The third kappa shape index (κ3) is 3.51. The van der Waals surface area contributed by atoms with Crippen LogP contribution in [0.4, 0.5) is 0 Å². The Bertz CT molecular complexity index is 615. The lowest BCUT2D eigenvalue weighted by Crippen LogP contribution is -2.43. The lowest BCUT2D eigenvalue weighted by atomic mass is 10.2. The van der Waals surface area contributed by atoms with Gasteiger partial charge in [-0.25, -0.2) is 4.79 Å². The molecule has 0 aromatic carbocycles. The van der Waals surface area contributed by atoms with Crippen molar-refractivity contribution in [3.63, 3.8) is 0 Å². The molecule has 1 fully saturated rings. The van der Waals surface area contributed by atoms with Gasteiger partial charge in [0.25, 0.3) is 5.56 Å². The summed E-state index contributed by atoms with van der Waals surface area (Å²) in [5, 5.41) is 9.19. The number of aliphatic carboxylic acids is 1. The Kier molecular flexibility index (Phi) is 4.79. The van der Waals surface area contributed by atoms with E-state index in [9.17, 15) is 19.5 Å². The largest absolute Gasteiger partial charge is 0.480 e. The first kappa shape index (κ1) is 15.7. The molecule has 1 N–H and O–H groups in total. The molecule has 0 radical (unpaired) electrons. The first-order valence-corrected chi connectivity index (χ1v) is 7.12. The molecule has 1 amide bonds. The Labute approximate surface area is 129 Å². The summed E-state index contributed by atoms with van der Waals surface area (Å²) < 4.78 is 7.04. The molecule has 2 rings (SSSR count). The second-order valence-corrected chi connectivity index (χ2v) is 5.72. The number of rotatable bonds is 4. The fourth-order valence-corrected chi connectivity index (χ4v) is 2.72. The van der Waals surface area contributed by atoms with E-state index < -0.39 is 17.9 Å². The topological polar surface area (TPSA) is 88.8 Å². The molecule has 114 valence electrons. The molecule has 2 unspecified atom stereocenters. The van der Waals surface area contributed by atoms with Crippen molar-refractivity contribution >= 4 is 27.8 Å². The molecule has 8 heteroatoms. The highest BCUT2D eigenvalue weighted by Crippen LogP contribution is 2.20. The van der Waals surface area contributed by atoms with Crippen LogP contribution in [0.2, 0.25) is 0 Å². The number of carboxylic acid groups (broad SMARTS) is 1. The average molecular weight is 359 g/mol. The Morgan fingerprint density at radius 3 is 2.81 bits per heavy atom. The number of ether oxygens (including phenoxy) is 1. The Morgan fingerprint density at radius 2 is 2.19 bits per heavy atom. The highest BCUT2D eigenvalue weighted by atomic mass is 79.9. The summed E-state index contributed by atoms with van der Waals surface area (Å²) in [6, 6.07) is 2.01. The van der Waals surface area contributed by atoms with Gasteiger partial charge in [0, 0.05) is 36.8 Å². The number of hydrogen-bond donors (Lipinski definition) is 1. The minimum absolute atomic E-state index is 0.196. The molecule has 1 aromatic heterocycles. The minimum Gasteiger partial charge on any atom is -0.480 e. The average Bonchev–Trinajstić information content (AvgIpc) is 2.87. The Morgan fingerprint density at radius 1 is 1.48 bits per heavy atom. The van der Waals surface area contributed by atoms with E-state index in [4.69, 9.17) is 4.74 Å². The quantitative estimate of drug-likeness (QED) is 0.836. The van der Waals surface area contributed by atoms with Crippen molar-refractivity contribution in [2.24, 2.45) is 0 Å². The maximum atomic E-state index is 12.3. The second kappa shape index (κ2) is 6.40. The number of carbonyl (C=O) groups is 2. The van der Waals surface area contributed by atoms with E-state index in [1.165, 1.54) is 28.8 Å². The number of likely N-dealkylation sites (tertiary alicyclic amines) is 1. The van der Waals surface area contributed by atoms with Crippen LogP contribution in [-0.4, -0.2) is 52.3 Å². The van der Waals surface area contributed by atoms with Crippen LogP contribution in [0.25, 0.3) is 0 Å².